The fourth-order valence-electron chi connectivity index (χ4n) is 3.24. The van der Waals surface area contributed by atoms with Crippen LogP contribution in [0.1, 0.15) is 5.56 Å². The summed E-state index contributed by atoms with van der Waals surface area (Å²) in [4.78, 5) is 24.4. The molecular weight excluding hydrogens is 368 g/mol. The first-order valence-corrected chi connectivity index (χ1v) is 9.24. The van der Waals surface area contributed by atoms with E-state index in [9.17, 15) is 9.59 Å². The van der Waals surface area contributed by atoms with Gasteiger partial charge in [0.05, 0.1) is 25.8 Å². The highest BCUT2D eigenvalue weighted by Gasteiger charge is 2.14. The number of anilines is 1. The third kappa shape index (κ3) is 4.06. The van der Waals surface area contributed by atoms with Crippen molar-refractivity contribution in [3.05, 3.63) is 72.3 Å². The molecule has 0 aliphatic carbocycles. The molecule has 146 valence electrons. The molecule has 4 aromatic rings. The first kappa shape index (κ1) is 18.6. The first-order chi connectivity index (χ1) is 14.1. The van der Waals surface area contributed by atoms with Crippen molar-refractivity contribution < 1.29 is 18.7 Å². The summed E-state index contributed by atoms with van der Waals surface area (Å²) in [6, 6.07) is 20.7. The van der Waals surface area contributed by atoms with Crippen LogP contribution >= 0.6 is 0 Å². The molecule has 0 unspecified atom stereocenters. The van der Waals surface area contributed by atoms with Gasteiger partial charge in [-0.3, -0.25) is 9.59 Å². The molecule has 6 nitrogen and oxygen atoms in total. The van der Waals surface area contributed by atoms with E-state index in [0.717, 1.165) is 21.9 Å². The summed E-state index contributed by atoms with van der Waals surface area (Å²) < 4.78 is 11.3. The predicted molar refractivity (Wildman–Crippen MR) is 112 cm³/mol. The molecule has 29 heavy (non-hydrogen) atoms. The molecule has 0 atom stereocenters. The van der Waals surface area contributed by atoms with Crippen LogP contribution < -0.4 is 15.4 Å². The SMILES string of the molecule is COc1cc2c(cc1NC(=O)CNC(=O)Cc1ccccc1)oc1ccccc12. The van der Waals surface area contributed by atoms with Crippen molar-refractivity contribution >= 4 is 39.4 Å². The highest BCUT2D eigenvalue weighted by atomic mass is 16.5. The van der Waals surface area contributed by atoms with Gasteiger partial charge in [0, 0.05) is 16.8 Å². The monoisotopic (exact) mass is 388 g/mol. The highest BCUT2D eigenvalue weighted by Crippen LogP contribution is 2.36. The lowest BCUT2D eigenvalue weighted by Crippen LogP contribution is -2.33. The number of amides is 2. The first-order valence-electron chi connectivity index (χ1n) is 9.24. The Kier molecular flexibility index (Phi) is 5.16. The number of benzene rings is 3. The van der Waals surface area contributed by atoms with E-state index in [0.29, 0.717) is 17.0 Å². The second-order valence-corrected chi connectivity index (χ2v) is 6.63. The summed E-state index contributed by atoms with van der Waals surface area (Å²) >= 11 is 0. The van der Waals surface area contributed by atoms with Gasteiger partial charge >= 0.3 is 0 Å². The van der Waals surface area contributed by atoms with Crippen LogP contribution in [0.5, 0.6) is 5.75 Å². The van der Waals surface area contributed by atoms with E-state index in [2.05, 4.69) is 10.6 Å². The minimum absolute atomic E-state index is 0.132. The highest BCUT2D eigenvalue weighted by molar-refractivity contribution is 6.08. The molecule has 4 rings (SSSR count). The largest absolute Gasteiger partial charge is 0.495 e. The minimum Gasteiger partial charge on any atom is -0.495 e. The Morgan fingerprint density at radius 2 is 1.66 bits per heavy atom. The molecule has 0 saturated heterocycles. The average molecular weight is 388 g/mol. The van der Waals surface area contributed by atoms with E-state index >= 15 is 0 Å². The van der Waals surface area contributed by atoms with Crippen LogP contribution in [0.3, 0.4) is 0 Å². The van der Waals surface area contributed by atoms with Gasteiger partial charge in [0.15, 0.2) is 0 Å². The van der Waals surface area contributed by atoms with Gasteiger partial charge < -0.3 is 19.8 Å². The average Bonchev–Trinajstić information content (AvgIpc) is 3.09. The van der Waals surface area contributed by atoms with Crippen LogP contribution in [0.25, 0.3) is 21.9 Å². The molecule has 0 saturated carbocycles. The van der Waals surface area contributed by atoms with Crippen molar-refractivity contribution in [1.29, 1.82) is 0 Å². The number of hydrogen-bond acceptors (Lipinski definition) is 4. The van der Waals surface area contributed by atoms with Gasteiger partial charge in [0.1, 0.15) is 16.9 Å². The molecule has 2 N–H and O–H groups in total. The van der Waals surface area contributed by atoms with Crippen molar-refractivity contribution in [2.45, 2.75) is 6.42 Å². The van der Waals surface area contributed by atoms with Crippen LogP contribution in [-0.2, 0) is 16.0 Å². The zero-order chi connectivity index (χ0) is 20.2. The van der Waals surface area contributed by atoms with Crippen molar-refractivity contribution in [3.63, 3.8) is 0 Å². The quantitative estimate of drug-likeness (QED) is 0.525. The molecule has 0 radical (unpaired) electrons. The molecular formula is C23H20N2O4. The van der Waals surface area contributed by atoms with Gasteiger partial charge in [0.2, 0.25) is 11.8 Å². The van der Waals surface area contributed by atoms with Crippen LogP contribution in [0.4, 0.5) is 5.69 Å². The molecule has 6 heteroatoms. The standard InChI is InChI=1S/C23H20N2O4/c1-28-21-12-17-16-9-5-6-10-19(16)29-20(17)13-18(21)25-23(27)14-24-22(26)11-15-7-3-2-4-8-15/h2-10,12-13H,11,14H2,1H3,(H,24,26)(H,25,27). The summed E-state index contributed by atoms with van der Waals surface area (Å²) in [5.41, 5.74) is 2.79. The smallest absolute Gasteiger partial charge is 0.243 e. The number of hydrogen-bond donors (Lipinski definition) is 2. The van der Waals surface area contributed by atoms with E-state index in [-0.39, 0.29) is 24.8 Å². The van der Waals surface area contributed by atoms with Crippen LogP contribution in [0, 0.1) is 0 Å². The van der Waals surface area contributed by atoms with Crippen LogP contribution in [0.15, 0.2) is 71.1 Å². The number of carbonyl (C=O) groups excluding carboxylic acids is 2. The van der Waals surface area contributed by atoms with Gasteiger partial charge in [-0.25, -0.2) is 0 Å². The molecule has 0 bridgehead atoms. The Labute approximate surface area is 167 Å². The van der Waals surface area contributed by atoms with Crippen molar-refractivity contribution in [2.75, 3.05) is 19.0 Å². The summed E-state index contributed by atoms with van der Waals surface area (Å²) in [5, 5.41) is 7.30. The molecule has 0 fully saturated rings. The Hall–Kier alpha value is -3.80. The summed E-state index contributed by atoms with van der Waals surface area (Å²) in [6.45, 7) is -0.132. The number of ether oxygens (including phenoxy) is 1. The van der Waals surface area contributed by atoms with Gasteiger partial charge in [-0.05, 0) is 17.7 Å². The van der Waals surface area contributed by atoms with Crippen molar-refractivity contribution in [1.82, 2.24) is 5.32 Å². The Morgan fingerprint density at radius 1 is 0.897 bits per heavy atom. The lowest BCUT2D eigenvalue weighted by Gasteiger charge is -2.11. The molecule has 1 aromatic heterocycles. The molecule has 0 aliphatic rings. The van der Waals surface area contributed by atoms with Gasteiger partial charge in [0.25, 0.3) is 0 Å². The third-order valence-electron chi connectivity index (χ3n) is 4.63. The number of furan rings is 1. The maximum Gasteiger partial charge on any atom is 0.243 e. The maximum absolute atomic E-state index is 12.3. The van der Waals surface area contributed by atoms with Crippen LogP contribution in [-0.4, -0.2) is 25.5 Å². The van der Waals surface area contributed by atoms with Gasteiger partial charge in [-0.1, -0.05) is 48.5 Å². The summed E-state index contributed by atoms with van der Waals surface area (Å²) in [7, 11) is 1.54. The number of fused-ring (bicyclic) bond motifs is 3. The summed E-state index contributed by atoms with van der Waals surface area (Å²) in [5.74, 6) is -0.0424. The second kappa shape index (κ2) is 8.06. The molecule has 0 aliphatic heterocycles. The molecule has 2 amide bonds. The van der Waals surface area contributed by atoms with E-state index in [1.807, 2.05) is 60.7 Å². The zero-order valence-corrected chi connectivity index (χ0v) is 15.9. The van der Waals surface area contributed by atoms with Crippen LogP contribution in [0.2, 0.25) is 0 Å². The fraction of sp³-hybridized carbons (Fsp3) is 0.130. The zero-order valence-electron chi connectivity index (χ0n) is 15.9. The number of carbonyl (C=O) groups is 2. The van der Waals surface area contributed by atoms with E-state index in [4.69, 9.17) is 9.15 Å². The maximum atomic E-state index is 12.3. The molecule has 3 aromatic carbocycles. The van der Waals surface area contributed by atoms with E-state index in [1.165, 1.54) is 0 Å². The predicted octanol–water partition coefficient (Wildman–Crippen LogP) is 3.89. The molecule has 0 spiro atoms. The van der Waals surface area contributed by atoms with E-state index < -0.39 is 0 Å². The lowest BCUT2D eigenvalue weighted by atomic mass is 10.1. The van der Waals surface area contributed by atoms with Crippen molar-refractivity contribution in [2.24, 2.45) is 0 Å². The second-order valence-electron chi connectivity index (χ2n) is 6.63. The molecule has 1 heterocycles. The number of rotatable bonds is 6. The Bertz CT molecular complexity index is 1180. The number of methoxy groups -OCH3 is 1. The van der Waals surface area contributed by atoms with Gasteiger partial charge in [-0.2, -0.15) is 0 Å². The number of nitrogens with one attached hydrogen (secondary N) is 2. The minimum atomic E-state index is -0.347. The summed E-state index contributed by atoms with van der Waals surface area (Å²) in [6.07, 6.45) is 0.225. The van der Waals surface area contributed by atoms with E-state index in [1.54, 1.807) is 13.2 Å². The lowest BCUT2D eigenvalue weighted by molar-refractivity contribution is -0.123. The normalized spacial score (nSPS) is 10.8. The topological polar surface area (TPSA) is 80.6 Å². The fourth-order valence-corrected chi connectivity index (χ4v) is 3.24. The third-order valence-corrected chi connectivity index (χ3v) is 4.63. The Morgan fingerprint density at radius 3 is 2.45 bits per heavy atom. The number of para-hydroxylation sites is 1. The van der Waals surface area contributed by atoms with Crippen molar-refractivity contribution in [3.8, 4) is 5.75 Å². The Balaban J connectivity index is 1.46. The van der Waals surface area contributed by atoms with Gasteiger partial charge in [-0.15, -0.1) is 0 Å².